The van der Waals surface area contributed by atoms with Crippen LogP contribution in [-0.4, -0.2) is 40.5 Å². The van der Waals surface area contributed by atoms with E-state index in [0.717, 1.165) is 13.2 Å². The quantitative estimate of drug-likeness (QED) is 0.695. The van der Waals surface area contributed by atoms with Crippen LogP contribution in [0.2, 0.25) is 5.02 Å². The van der Waals surface area contributed by atoms with E-state index in [1.54, 1.807) is 0 Å². The predicted molar refractivity (Wildman–Crippen MR) is 61.4 cm³/mol. The minimum atomic E-state index is -1.81. The number of carboxylic acid groups (broad SMARTS) is 1. The van der Waals surface area contributed by atoms with Crippen LogP contribution in [0.4, 0.5) is 0 Å². The fraction of sp³-hybridized carbons (Fsp3) is 0.273. The number of hydrogen-bond acceptors (Lipinski definition) is 5. The molecule has 0 fully saturated rings. The highest BCUT2D eigenvalue weighted by atomic mass is 35.5. The Kier molecular flexibility index (Phi) is 4.66. The van der Waals surface area contributed by atoms with Crippen molar-refractivity contribution in [2.75, 3.05) is 7.11 Å². The van der Waals surface area contributed by atoms with E-state index in [1.165, 1.54) is 12.1 Å². The Morgan fingerprint density at radius 3 is 2.39 bits per heavy atom. The Morgan fingerprint density at radius 1 is 1.28 bits per heavy atom. The number of esters is 1. The smallest absolute Gasteiger partial charge is 0.337 e. The number of carbonyl (C=O) groups excluding carboxylic acids is 1. The van der Waals surface area contributed by atoms with E-state index in [2.05, 4.69) is 4.74 Å². The number of benzene rings is 1. The number of methoxy groups -OCH3 is 1. The lowest BCUT2D eigenvalue weighted by atomic mass is 10.0. The molecule has 1 aromatic rings. The molecule has 0 aliphatic rings. The normalized spacial score (nSPS) is 13.8. The minimum Gasteiger partial charge on any atom is -0.478 e. The van der Waals surface area contributed by atoms with Crippen molar-refractivity contribution in [1.29, 1.82) is 0 Å². The first-order valence-corrected chi connectivity index (χ1v) is 5.22. The second kappa shape index (κ2) is 5.81. The van der Waals surface area contributed by atoms with Crippen molar-refractivity contribution in [3.63, 3.8) is 0 Å². The number of halogens is 1. The standard InChI is InChI=1S/C11H11ClO6/c1-18-11(17)9(14)8(13)5-2-6(10(15)16)4-7(12)3-5/h2-4,8-9,13-14H,1H3,(H,15,16). The lowest BCUT2D eigenvalue weighted by molar-refractivity contribution is -0.156. The van der Waals surface area contributed by atoms with Crippen molar-refractivity contribution in [2.45, 2.75) is 12.2 Å². The van der Waals surface area contributed by atoms with E-state index < -0.39 is 24.1 Å². The molecule has 0 saturated heterocycles. The Bertz CT molecular complexity index is 473. The van der Waals surface area contributed by atoms with Crippen molar-refractivity contribution >= 4 is 23.5 Å². The molecular formula is C11H11ClO6. The second-order valence-corrected chi connectivity index (χ2v) is 3.93. The Balaban J connectivity index is 3.09. The third-order valence-electron chi connectivity index (χ3n) is 2.25. The lowest BCUT2D eigenvalue weighted by Crippen LogP contribution is -2.29. The van der Waals surface area contributed by atoms with Crippen LogP contribution in [-0.2, 0) is 9.53 Å². The van der Waals surface area contributed by atoms with Gasteiger partial charge in [-0.05, 0) is 23.8 Å². The van der Waals surface area contributed by atoms with Crippen molar-refractivity contribution < 1.29 is 29.6 Å². The molecule has 2 atom stereocenters. The van der Waals surface area contributed by atoms with E-state index in [0.29, 0.717) is 0 Å². The summed E-state index contributed by atoms with van der Waals surface area (Å²) in [5.41, 5.74) is -0.147. The van der Waals surface area contributed by atoms with Gasteiger partial charge in [0.25, 0.3) is 0 Å². The average Bonchev–Trinajstić information content (AvgIpc) is 2.35. The molecule has 0 saturated carbocycles. The van der Waals surface area contributed by atoms with Gasteiger partial charge in [-0.2, -0.15) is 0 Å². The fourth-order valence-corrected chi connectivity index (χ4v) is 1.58. The summed E-state index contributed by atoms with van der Waals surface area (Å²) in [5, 5.41) is 28.0. The largest absolute Gasteiger partial charge is 0.478 e. The van der Waals surface area contributed by atoms with Crippen LogP contribution in [0.1, 0.15) is 22.0 Å². The van der Waals surface area contributed by atoms with Gasteiger partial charge in [-0.3, -0.25) is 0 Å². The topological polar surface area (TPSA) is 104 Å². The zero-order valence-corrected chi connectivity index (χ0v) is 10.1. The molecule has 0 spiro atoms. The van der Waals surface area contributed by atoms with Gasteiger partial charge in [-0.25, -0.2) is 9.59 Å². The van der Waals surface area contributed by atoms with Crippen LogP contribution in [0.5, 0.6) is 0 Å². The van der Waals surface area contributed by atoms with Gasteiger partial charge in [0, 0.05) is 5.02 Å². The van der Waals surface area contributed by atoms with Gasteiger partial charge in [-0.1, -0.05) is 11.6 Å². The van der Waals surface area contributed by atoms with Gasteiger partial charge in [0.05, 0.1) is 12.7 Å². The number of aliphatic hydroxyl groups excluding tert-OH is 2. The number of ether oxygens (including phenoxy) is 1. The molecule has 0 bridgehead atoms. The molecule has 6 nitrogen and oxygen atoms in total. The first-order valence-electron chi connectivity index (χ1n) is 4.84. The summed E-state index contributed by atoms with van der Waals surface area (Å²) < 4.78 is 4.26. The lowest BCUT2D eigenvalue weighted by Gasteiger charge is -2.16. The van der Waals surface area contributed by atoms with Gasteiger partial charge in [0.1, 0.15) is 6.10 Å². The molecule has 98 valence electrons. The number of carbonyl (C=O) groups is 2. The number of hydrogen-bond donors (Lipinski definition) is 3. The van der Waals surface area contributed by atoms with Crippen molar-refractivity contribution in [3.05, 3.63) is 34.3 Å². The molecule has 18 heavy (non-hydrogen) atoms. The third kappa shape index (κ3) is 3.19. The van der Waals surface area contributed by atoms with Gasteiger partial charge in [0.2, 0.25) is 0 Å². The van der Waals surface area contributed by atoms with Gasteiger partial charge >= 0.3 is 11.9 Å². The SMILES string of the molecule is COC(=O)C(O)C(O)c1cc(Cl)cc(C(=O)O)c1. The van der Waals surface area contributed by atoms with E-state index in [4.69, 9.17) is 16.7 Å². The maximum atomic E-state index is 11.0. The number of rotatable bonds is 4. The first kappa shape index (κ1) is 14.4. The van der Waals surface area contributed by atoms with Crippen LogP contribution < -0.4 is 0 Å². The summed E-state index contributed by atoms with van der Waals surface area (Å²) in [4.78, 5) is 21.8. The molecule has 3 N–H and O–H groups in total. The molecule has 2 unspecified atom stereocenters. The Labute approximate surface area is 107 Å². The first-order chi connectivity index (χ1) is 8.36. The number of aromatic carboxylic acids is 1. The summed E-state index contributed by atoms with van der Waals surface area (Å²) in [7, 11) is 1.05. The van der Waals surface area contributed by atoms with E-state index in [9.17, 15) is 19.8 Å². The average molecular weight is 275 g/mol. The summed E-state index contributed by atoms with van der Waals surface area (Å²) in [6.45, 7) is 0. The van der Waals surface area contributed by atoms with Crippen LogP contribution in [0.25, 0.3) is 0 Å². The van der Waals surface area contributed by atoms with E-state index in [1.807, 2.05) is 0 Å². The number of carboxylic acids is 1. The molecule has 1 aromatic carbocycles. The van der Waals surface area contributed by atoms with Crippen LogP contribution in [0.15, 0.2) is 18.2 Å². The summed E-state index contributed by atoms with van der Waals surface area (Å²) >= 11 is 5.68. The molecule has 0 amide bonds. The van der Waals surface area contributed by atoms with E-state index >= 15 is 0 Å². The zero-order chi connectivity index (χ0) is 13.9. The summed E-state index contributed by atoms with van der Waals surface area (Å²) in [5.74, 6) is -2.27. The molecular weight excluding hydrogens is 264 g/mol. The molecule has 7 heteroatoms. The number of aliphatic hydroxyl groups is 2. The Morgan fingerprint density at radius 2 is 1.89 bits per heavy atom. The summed E-state index contributed by atoms with van der Waals surface area (Å²) in [6.07, 6.45) is -3.43. The van der Waals surface area contributed by atoms with Crippen molar-refractivity contribution in [1.82, 2.24) is 0 Å². The molecule has 0 radical (unpaired) electrons. The second-order valence-electron chi connectivity index (χ2n) is 3.49. The monoisotopic (exact) mass is 274 g/mol. The maximum Gasteiger partial charge on any atom is 0.337 e. The van der Waals surface area contributed by atoms with Crippen molar-refractivity contribution in [3.8, 4) is 0 Å². The van der Waals surface area contributed by atoms with Crippen LogP contribution >= 0.6 is 11.6 Å². The molecule has 0 aliphatic heterocycles. The molecule has 0 aromatic heterocycles. The van der Waals surface area contributed by atoms with Crippen LogP contribution in [0, 0.1) is 0 Å². The van der Waals surface area contributed by atoms with Crippen molar-refractivity contribution in [2.24, 2.45) is 0 Å². The third-order valence-corrected chi connectivity index (χ3v) is 2.47. The minimum absolute atomic E-state index is 0.0119. The van der Waals surface area contributed by atoms with E-state index in [-0.39, 0.29) is 16.1 Å². The van der Waals surface area contributed by atoms with Crippen LogP contribution in [0.3, 0.4) is 0 Å². The van der Waals surface area contributed by atoms with Gasteiger partial charge < -0.3 is 20.1 Å². The highest BCUT2D eigenvalue weighted by molar-refractivity contribution is 6.31. The highest BCUT2D eigenvalue weighted by Gasteiger charge is 2.27. The zero-order valence-electron chi connectivity index (χ0n) is 9.33. The highest BCUT2D eigenvalue weighted by Crippen LogP contribution is 2.23. The van der Waals surface area contributed by atoms with Gasteiger partial charge in [0.15, 0.2) is 6.10 Å². The van der Waals surface area contributed by atoms with Gasteiger partial charge in [-0.15, -0.1) is 0 Å². The fourth-order valence-electron chi connectivity index (χ4n) is 1.34. The molecule has 1 rings (SSSR count). The summed E-state index contributed by atoms with van der Waals surface area (Å²) in [6, 6.07) is 3.56. The molecule has 0 aliphatic carbocycles. The molecule has 0 heterocycles. The maximum absolute atomic E-state index is 11.0. The predicted octanol–water partition coefficient (Wildman–Crippen LogP) is 0.606. The Hall–Kier alpha value is -1.63.